The maximum Gasteiger partial charge on any atom is 0.227 e. The highest BCUT2D eigenvalue weighted by Crippen LogP contribution is 1.87. The zero-order chi connectivity index (χ0) is 7.84. The number of fused-ring (bicyclic) bond motifs is 1. The maximum absolute atomic E-state index is 10.8. The SMILES string of the molecule is O=C1C=c2ncsc2=CC1=O. The van der Waals surface area contributed by atoms with E-state index in [1.165, 1.54) is 23.5 Å². The van der Waals surface area contributed by atoms with Crippen molar-refractivity contribution in [2.45, 2.75) is 0 Å². The van der Waals surface area contributed by atoms with Crippen LogP contribution in [0, 0.1) is 0 Å². The van der Waals surface area contributed by atoms with Gasteiger partial charge in [-0.05, 0) is 0 Å². The highest BCUT2D eigenvalue weighted by molar-refractivity contribution is 7.07. The number of hydrogen-bond acceptors (Lipinski definition) is 4. The molecule has 0 N–H and O–H groups in total. The van der Waals surface area contributed by atoms with Crippen LogP contribution in [0.4, 0.5) is 0 Å². The molecule has 1 heterocycles. The minimum Gasteiger partial charge on any atom is -0.286 e. The summed E-state index contributed by atoms with van der Waals surface area (Å²) in [6, 6.07) is 0. The minimum absolute atomic E-state index is 0.457. The largest absolute Gasteiger partial charge is 0.286 e. The number of rotatable bonds is 0. The Morgan fingerprint density at radius 1 is 1.18 bits per heavy atom. The van der Waals surface area contributed by atoms with Crippen molar-refractivity contribution < 1.29 is 9.59 Å². The van der Waals surface area contributed by atoms with E-state index in [0.29, 0.717) is 5.35 Å². The van der Waals surface area contributed by atoms with Crippen LogP contribution >= 0.6 is 11.3 Å². The minimum atomic E-state index is -0.483. The van der Waals surface area contributed by atoms with Crippen LogP contribution in [-0.4, -0.2) is 16.6 Å². The van der Waals surface area contributed by atoms with Gasteiger partial charge in [0.1, 0.15) is 0 Å². The zero-order valence-corrected chi connectivity index (χ0v) is 6.22. The number of thiazole rings is 1. The average molecular weight is 165 g/mol. The van der Waals surface area contributed by atoms with E-state index >= 15 is 0 Å². The first-order valence-electron chi connectivity index (χ1n) is 2.98. The highest BCUT2D eigenvalue weighted by Gasteiger charge is 2.12. The summed E-state index contributed by atoms with van der Waals surface area (Å²) in [6.07, 6.45) is 2.60. The van der Waals surface area contributed by atoms with E-state index in [1.807, 2.05) is 0 Å². The lowest BCUT2D eigenvalue weighted by Gasteiger charge is -1.89. The van der Waals surface area contributed by atoms with Gasteiger partial charge in [-0.3, -0.25) is 9.59 Å². The third-order valence-corrected chi connectivity index (χ3v) is 2.19. The van der Waals surface area contributed by atoms with E-state index in [0.717, 1.165) is 4.53 Å². The van der Waals surface area contributed by atoms with Crippen molar-refractivity contribution in [2.75, 3.05) is 0 Å². The van der Waals surface area contributed by atoms with Gasteiger partial charge in [0, 0.05) is 12.2 Å². The molecule has 1 aromatic heterocycles. The predicted molar refractivity (Wildman–Crippen MR) is 40.3 cm³/mol. The number of ketones is 2. The van der Waals surface area contributed by atoms with Crippen LogP contribution in [0.25, 0.3) is 12.2 Å². The zero-order valence-electron chi connectivity index (χ0n) is 5.40. The molecule has 0 radical (unpaired) electrons. The normalized spacial score (nSPS) is 15.3. The Hall–Kier alpha value is -1.29. The lowest BCUT2D eigenvalue weighted by atomic mass is 10.2. The van der Waals surface area contributed by atoms with Gasteiger partial charge in [0.25, 0.3) is 0 Å². The molecule has 0 unspecified atom stereocenters. The molecule has 1 aromatic rings. The highest BCUT2D eigenvalue weighted by atomic mass is 32.1. The summed E-state index contributed by atoms with van der Waals surface area (Å²) in [7, 11) is 0. The van der Waals surface area contributed by atoms with Crippen LogP contribution in [0.15, 0.2) is 5.51 Å². The van der Waals surface area contributed by atoms with E-state index in [2.05, 4.69) is 4.98 Å². The Bertz CT molecular complexity index is 403. The van der Waals surface area contributed by atoms with Gasteiger partial charge >= 0.3 is 0 Å². The molecule has 0 fully saturated rings. The molecule has 4 heteroatoms. The van der Waals surface area contributed by atoms with Gasteiger partial charge in [-0.25, -0.2) is 4.98 Å². The molecule has 0 saturated heterocycles. The smallest absolute Gasteiger partial charge is 0.227 e. The molecule has 3 nitrogen and oxygen atoms in total. The second kappa shape index (κ2) is 2.10. The van der Waals surface area contributed by atoms with E-state index < -0.39 is 11.6 Å². The lowest BCUT2D eigenvalue weighted by molar-refractivity contribution is -0.129. The van der Waals surface area contributed by atoms with E-state index in [-0.39, 0.29) is 0 Å². The summed E-state index contributed by atoms with van der Waals surface area (Å²) in [5.74, 6) is -0.940. The van der Waals surface area contributed by atoms with Crippen LogP contribution in [0.5, 0.6) is 0 Å². The second-order valence-corrected chi connectivity index (χ2v) is 3.01. The molecule has 1 aliphatic rings. The number of carbonyl (C=O) groups excluding carboxylic acids is 2. The number of carbonyl (C=O) groups is 2. The summed E-state index contributed by atoms with van der Waals surface area (Å²) in [4.78, 5) is 25.5. The monoisotopic (exact) mass is 165 g/mol. The number of aromatic nitrogens is 1. The van der Waals surface area contributed by atoms with Gasteiger partial charge in [0.2, 0.25) is 11.6 Å². The second-order valence-electron chi connectivity index (χ2n) is 2.12. The third kappa shape index (κ3) is 0.914. The van der Waals surface area contributed by atoms with Gasteiger partial charge < -0.3 is 0 Å². The van der Waals surface area contributed by atoms with Gasteiger partial charge in [-0.15, -0.1) is 11.3 Å². The first-order chi connectivity index (χ1) is 5.27. The topological polar surface area (TPSA) is 47.0 Å². The van der Waals surface area contributed by atoms with Crippen LogP contribution in [0.3, 0.4) is 0 Å². The molecular weight excluding hydrogens is 162 g/mol. The van der Waals surface area contributed by atoms with E-state index in [4.69, 9.17) is 0 Å². The van der Waals surface area contributed by atoms with Crippen LogP contribution in [0.2, 0.25) is 0 Å². The summed E-state index contributed by atoms with van der Waals surface area (Å²) in [6.45, 7) is 0. The summed E-state index contributed by atoms with van der Waals surface area (Å²) < 4.78 is 0.773. The summed E-state index contributed by atoms with van der Waals surface area (Å²) in [5.41, 5.74) is 1.61. The average Bonchev–Trinajstić information content (AvgIpc) is 2.36. The van der Waals surface area contributed by atoms with Gasteiger partial charge in [-0.2, -0.15) is 0 Å². The number of nitrogens with zero attached hydrogens (tertiary/aromatic N) is 1. The number of Topliss-reactive ketones (excluding diaryl/α,β-unsaturated/α-hetero) is 2. The Morgan fingerprint density at radius 3 is 2.73 bits per heavy atom. The molecule has 0 saturated carbocycles. The standard InChI is InChI=1S/C7H3NO2S/c9-5-1-4-7(2-6(5)10)11-3-8-4/h1-3H. The van der Waals surface area contributed by atoms with Crippen molar-refractivity contribution in [1.82, 2.24) is 4.98 Å². The summed E-state index contributed by atoms with van der Waals surface area (Å²) >= 11 is 1.36. The Kier molecular flexibility index (Phi) is 1.22. The number of hydrogen-bond donors (Lipinski definition) is 0. The molecule has 0 amide bonds. The van der Waals surface area contributed by atoms with Crippen LogP contribution in [-0.2, 0) is 9.59 Å². The lowest BCUT2D eigenvalue weighted by Crippen LogP contribution is -2.30. The van der Waals surface area contributed by atoms with Crippen molar-refractivity contribution in [3.63, 3.8) is 0 Å². The summed E-state index contributed by atoms with van der Waals surface area (Å²) in [5, 5.41) is 0.611. The molecule has 54 valence electrons. The fourth-order valence-electron chi connectivity index (χ4n) is 0.866. The fraction of sp³-hybridized carbons (Fsp3) is 0. The molecule has 1 aliphatic carbocycles. The molecule has 0 aromatic carbocycles. The first-order valence-corrected chi connectivity index (χ1v) is 3.86. The first kappa shape index (κ1) is 6.42. The maximum atomic E-state index is 10.8. The molecule has 0 spiro atoms. The van der Waals surface area contributed by atoms with Crippen LogP contribution in [0.1, 0.15) is 0 Å². The predicted octanol–water partition coefficient (Wildman–Crippen LogP) is -1.14. The van der Waals surface area contributed by atoms with Gasteiger partial charge in [0.15, 0.2) is 0 Å². The van der Waals surface area contributed by atoms with E-state index in [1.54, 1.807) is 5.51 Å². The molecule has 0 atom stereocenters. The Labute approximate surface area is 65.7 Å². The van der Waals surface area contributed by atoms with Gasteiger partial charge in [0.05, 0.1) is 15.4 Å². The van der Waals surface area contributed by atoms with Gasteiger partial charge in [-0.1, -0.05) is 0 Å². The van der Waals surface area contributed by atoms with Crippen molar-refractivity contribution in [2.24, 2.45) is 0 Å². The van der Waals surface area contributed by atoms with Crippen LogP contribution < -0.4 is 9.88 Å². The van der Waals surface area contributed by atoms with Crippen molar-refractivity contribution in [1.29, 1.82) is 0 Å². The molecule has 0 aliphatic heterocycles. The molecular formula is C7H3NO2S. The van der Waals surface area contributed by atoms with Crippen molar-refractivity contribution >= 4 is 35.1 Å². The Balaban J connectivity index is 2.89. The van der Waals surface area contributed by atoms with E-state index in [9.17, 15) is 9.59 Å². The molecule has 0 bridgehead atoms. The molecule has 2 rings (SSSR count). The Morgan fingerprint density at radius 2 is 1.91 bits per heavy atom. The molecule has 11 heavy (non-hydrogen) atoms. The third-order valence-electron chi connectivity index (χ3n) is 1.40. The van der Waals surface area contributed by atoms with Crippen molar-refractivity contribution in [3.05, 3.63) is 15.4 Å². The quantitative estimate of drug-likeness (QED) is 0.456. The van der Waals surface area contributed by atoms with Crippen molar-refractivity contribution in [3.8, 4) is 0 Å². The fourth-order valence-corrected chi connectivity index (χ4v) is 1.55.